The molecule has 0 saturated heterocycles. The van der Waals surface area contributed by atoms with Crippen LogP contribution in [-0.4, -0.2) is 28.8 Å². The van der Waals surface area contributed by atoms with E-state index in [4.69, 9.17) is 37.7 Å². The molecule has 7 heteroatoms. The lowest BCUT2D eigenvalue weighted by Crippen LogP contribution is -2.41. The largest absolute Gasteiger partial charge is 0.418 e. The maximum Gasteiger partial charge on any atom is 0.343 e. The lowest BCUT2D eigenvalue weighted by Gasteiger charge is -2.30. The van der Waals surface area contributed by atoms with E-state index in [1.54, 1.807) is 0 Å². The van der Waals surface area contributed by atoms with Crippen molar-refractivity contribution in [3.05, 3.63) is 0 Å². The smallest absolute Gasteiger partial charge is 0.343 e. The normalized spacial score (nSPS) is 16.1. The molecule has 0 spiro atoms. The van der Waals surface area contributed by atoms with Crippen molar-refractivity contribution in [2.45, 2.75) is 44.5 Å². The van der Waals surface area contributed by atoms with Gasteiger partial charge in [-0.15, -0.1) is 33.2 Å². The van der Waals surface area contributed by atoms with Crippen molar-refractivity contribution in [3.8, 4) is 0 Å². The molecular weight excluding hydrogens is 291 g/mol. The van der Waals surface area contributed by atoms with E-state index in [0.29, 0.717) is 6.04 Å². The zero-order valence-corrected chi connectivity index (χ0v) is 14.8. The molecular formula is C7H19Cl3OSi3. The zero-order chi connectivity index (χ0) is 11.6. The lowest BCUT2D eigenvalue weighted by atomic mass is 10.8. The highest BCUT2D eigenvalue weighted by molar-refractivity contribution is 7.64. The van der Waals surface area contributed by atoms with Crippen LogP contribution >= 0.6 is 33.2 Å². The van der Waals surface area contributed by atoms with Crippen LogP contribution in [0, 0.1) is 0 Å². The summed E-state index contributed by atoms with van der Waals surface area (Å²) in [6.45, 7) is 11.0. The summed E-state index contributed by atoms with van der Waals surface area (Å²) in [5, 5.41) is 0. The Hall–Kier alpha value is 1.48. The maximum absolute atomic E-state index is 6.06. The third-order valence-electron chi connectivity index (χ3n) is 1.68. The van der Waals surface area contributed by atoms with E-state index >= 15 is 0 Å². The Morgan fingerprint density at radius 2 is 1.57 bits per heavy atom. The van der Waals surface area contributed by atoms with Crippen molar-refractivity contribution < 1.29 is 4.43 Å². The molecule has 1 atom stereocenters. The number of hydrogen-bond acceptors (Lipinski definition) is 1. The van der Waals surface area contributed by atoms with Crippen molar-refractivity contribution in [2.75, 3.05) is 0 Å². The fraction of sp³-hybridized carbons (Fsp3) is 1.00. The summed E-state index contributed by atoms with van der Waals surface area (Å²) in [5.41, 5.74) is 0.237. The summed E-state index contributed by atoms with van der Waals surface area (Å²) in [7, 11) is -2.39. The van der Waals surface area contributed by atoms with Crippen LogP contribution in [0.5, 0.6) is 0 Å². The van der Waals surface area contributed by atoms with Gasteiger partial charge in [-0.1, -0.05) is 13.1 Å². The molecule has 14 heavy (non-hydrogen) atoms. The van der Waals surface area contributed by atoms with Gasteiger partial charge in [0.25, 0.3) is 0 Å². The summed E-state index contributed by atoms with van der Waals surface area (Å²) >= 11 is 17.8. The standard InChI is InChI=1S/C7H19Cl3OSi3/c1-12(2)7(6-14(8,9)10)11-13(3,4)5/h7,12H,6H2,1-5H3. The van der Waals surface area contributed by atoms with Crippen LogP contribution in [0.25, 0.3) is 0 Å². The van der Waals surface area contributed by atoms with Crippen molar-refractivity contribution in [1.29, 1.82) is 0 Å². The summed E-state index contributed by atoms with van der Waals surface area (Å²) in [6.07, 6.45) is 0. The molecule has 0 aliphatic heterocycles. The van der Waals surface area contributed by atoms with Crippen LogP contribution in [0.15, 0.2) is 0 Å². The second-order valence-electron chi connectivity index (χ2n) is 4.83. The van der Waals surface area contributed by atoms with Crippen LogP contribution in [0.4, 0.5) is 0 Å². The van der Waals surface area contributed by atoms with Crippen molar-refractivity contribution in [3.63, 3.8) is 0 Å². The van der Waals surface area contributed by atoms with E-state index in [1.807, 2.05) is 0 Å². The van der Waals surface area contributed by atoms with Gasteiger partial charge in [-0.25, -0.2) is 0 Å². The fourth-order valence-electron chi connectivity index (χ4n) is 1.10. The average molecular weight is 310 g/mol. The Balaban J connectivity index is 4.32. The van der Waals surface area contributed by atoms with Gasteiger partial charge in [-0.2, -0.15) is 0 Å². The zero-order valence-electron chi connectivity index (χ0n) is 9.40. The Labute approximate surface area is 105 Å². The van der Waals surface area contributed by atoms with E-state index < -0.39 is 23.1 Å². The third kappa shape index (κ3) is 8.76. The number of rotatable bonds is 5. The molecule has 0 aliphatic rings. The minimum atomic E-state index is -2.53. The van der Waals surface area contributed by atoms with Crippen molar-refractivity contribution in [2.24, 2.45) is 0 Å². The fourth-order valence-corrected chi connectivity index (χ4v) is 10.8. The Kier molecular flexibility index (Phi) is 6.31. The van der Waals surface area contributed by atoms with Gasteiger partial charge in [-0.3, -0.25) is 0 Å². The van der Waals surface area contributed by atoms with Crippen LogP contribution < -0.4 is 0 Å². The topological polar surface area (TPSA) is 9.23 Å². The van der Waals surface area contributed by atoms with Gasteiger partial charge in [-0.05, 0) is 19.6 Å². The highest BCUT2D eigenvalue weighted by atomic mass is 35.8. The summed E-state index contributed by atoms with van der Waals surface area (Å²) < 4.78 is 6.06. The minimum Gasteiger partial charge on any atom is -0.418 e. The van der Waals surface area contributed by atoms with Gasteiger partial charge in [0.1, 0.15) is 0 Å². The molecule has 0 heterocycles. The lowest BCUT2D eigenvalue weighted by molar-refractivity contribution is 0.286. The molecule has 1 unspecified atom stereocenters. The quantitative estimate of drug-likeness (QED) is 0.553. The molecule has 0 N–H and O–H groups in total. The molecule has 0 saturated carbocycles. The van der Waals surface area contributed by atoms with Crippen LogP contribution in [0.3, 0.4) is 0 Å². The van der Waals surface area contributed by atoms with Crippen molar-refractivity contribution in [1.82, 2.24) is 0 Å². The van der Waals surface area contributed by atoms with Gasteiger partial charge in [0.05, 0.1) is 8.80 Å². The Morgan fingerprint density at radius 1 is 1.14 bits per heavy atom. The molecule has 0 aromatic rings. The van der Waals surface area contributed by atoms with Crippen LogP contribution in [-0.2, 0) is 4.43 Å². The summed E-state index contributed by atoms with van der Waals surface area (Å²) in [4.78, 5) is 0. The van der Waals surface area contributed by atoms with E-state index in [2.05, 4.69) is 32.7 Å². The van der Waals surface area contributed by atoms with Crippen LogP contribution in [0.1, 0.15) is 0 Å². The molecule has 0 bridgehead atoms. The van der Waals surface area contributed by atoms with Gasteiger partial charge >= 0.3 is 6.00 Å². The monoisotopic (exact) mass is 308 g/mol. The summed E-state index contributed by atoms with van der Waals surface area (Å²) in [6, 6.07) is -1.88. The van der Waals surface area contributed by atoms with Crippen molar-refractivity contribution >= 4 is 56.4 Å². The van der Waals surface area contributed by atoms with Gasteiger partial charge < -0.3 is 4.43 Å². The SMILES string of the molecule is C[SiH](C)C(C[Si](Cl)(Cl)Cl)O[Si](C)(C)C. The Bertz CT molecular complexity index is 160. The molecule has 0 radical (unpaired) electrons. The Morgan fingerprint density at radius 3 is 1.79 bits per heavy atom. The van der Waals surface area contributed by atoms with E-state index in [0.717, 1.165) is 0 Å². The van der Waals surface area contributed by atoms with Crippen LogP contribution in [0.2, 0.25) is 38.8 Å². The first-order valence-electron chi connectivity index (χ1n) is 4.76. The third-order valence-corrected chi connectivity index (χ3v) is 7.55. The molecule has 0 aromatic carbocycles. The van der Waals surface area contributed by atoms with E-state index in [9.17, 15) is 0 Å². The van der Waals surface area contributed by atoms with E-state index in [-0.39, 0.29) is 5.73 Å². The second-order valence-corrected chi connectivity index (χ2v) is 21.7. The molecule has 86 valence electrons. The number of halogens is 3. The molecule has 1 nitrogen and oxygen atoms in total. The highest BCUT2D eigenvalue weighted by Crippen LogP contribution is 2.29. The molecule has 0 aliphatic carbocycles. The first-order valence-corrected chi connectivity index (χ1v) is 16.4. The first kappa shape index (κ1) is 15.5. The minimum absolute atomic E-state index is 0.237. The second kappa shape index (κ2) is 5.70. The molecule has 0 rings (SSSR count). The van der Waals surface area contributed by atoms with Gasteiger partial charge in [0.15, 0.2) is 8.32 Å². The predicted molar refractivity (Wildman–Crippen MR) is 75.2 cm³/mol. The average Bonchev–Trinajstić information content (AvgIpc) is 1.78. The first-order chi connectivity index (χ1) is 6.01. The predicted octanol–water partition coefficient (Wildman–Crippen LogP) is 3.89. The molecule has 0 aromatic heterocycles. The van der Waals surface area contributed by atoms with E-state index in [1.165, 1.54) is 0 Å². The van der Waals surface area contributed by atoms with Gasteiger partial charge in [0.2, 0.25) is 0 Å². The molecule has 0 fully saturated rings. The molecule has 0 amide bonds. The summed E-state index contributed by atoms with van der Waals surface area (Å²) in [5.74, 6) is 0. The van der Waals surface area contributed by atoms with Gasteiger partial charge in [0, 0.05) is 11.8 Å². The number of hydrogen-bond donors (Lipinski definition) is 0. The highest BCUT2D eigenvalue weighted by Gasteiger charge is 2.34. The maximum atomic E-state index is 6.06.